The Labute approximate surface area is 155 Å². The fourth-order valence-electron chi connectivity index (χ4n) is 2.08. The molecule has 6 nitrogen and oxygen atoms in total. The molecule has 0 atom stereocenters. The molecular formula is C18H20BrN3O3. The van der Waals surface area contributed by atoms with Gasteiger partial charge in [0.25, 0.3) is 5.91 Å². The van der Waals surface area contributed by atoms with Gasteiger partial charge in [-0.15, -0.1) is 0 Å². The number of carbonyl (C=O) groups is 2. The molecule has 0 spiro atoms. The summed E-state index contributed by atoms with van der Waals surface area (Å²) in [6.07, 6.45) is 0. The Morgan fingerprint density at radius 1 is 1.12 bits per heavy atom. The van der Waals surface area contributed by atoms with E-state index >= 15 is 0 Å². The van der Waals surface area contributed by atoms with Gasteiger partial charge in [0.15, 0.2) is 0 Å². The van der Waals surface area contributed by atoms with Crippen molar-refractivity contribution in [3.05, 3.63) is 58.6 Å². The predicted molar refractivity (Wildman–Crippen MR) is 102 cm³/mol. The molecule has 7 heteroatoms. The van der Waals surface area contributed by atoms with Crippen LogP contribution >= 0.6 is 15.9 Å². The van der Waals surface area contributed by atoms with Gasteiger partial charge in [0, 0.05) is 29.4 Å². The number of carbonyl (C=O) groups excluding carboxylic acids is 2. The Morgan fingerprint density at radius 2 is 1.92 bits per heavy atom. The van der Waals surface area contributed by atoms with Crippen LogP contribution in [0.2, 0.25) is 0 Å². The molecule has 0 aliphatic rings. The first-order chi connectivity index (χ1) is 12.1. The number of nitrogens with one attached hydrogen (secondary N) is 3. The van der Waals surface area contributed by atoms with Crippen molar-refractivity contribution in [1.29, 1.82) is 0 Å². The third-order valence-electron chi connectivity index (χ3n) is 3.32. The second-order valence-electron chi connectivity index (χ2n) is 5.21. The standard InChI is InChI=1S/C18H20BrN3O3/c1-25-10-9-20-18(24)13-5-4-6-14(11-13)21-12-17(23)22-16-8-3-2-7-15(16)19/h2-8,11,21H,9-10,12H2,1H3,(H,20,24)(H,22,23). The van der Waals surface area contributed by atoms with Gasteiger partial charge in [-0.05, 0) is 46.3 Å². The lowest BCUT2D eigenvalue weighted by Gasteiger charge is -2.10. The quantitative estimate of drug-likeness (QED) is 0.589. The number of benzene rings is 2. The van der Waals surface area contributed by atoms with Gasteiger partial charge in [-0.25, -0.2) is 0 Å². The lowest BCUT2D eigenvalue weighted by Crippen LogP contribution is -2.27. The van der Waals surface area contributed by atoms with E-state index < -0.39 is 0 Å². The molecule has 0 aliphatic heterocycles. The van der Waals surface area contributed by atoms with Crippen LogP contribution in [0.25, 0.3) is 0 Å². The summed E-state index contributed by atoms with van der Waals surface area (Å²) in [5.41, 5.74) is 1.93. The van der Waals surface area contributed by atoms with Gasteiger partial charge in [-0.2, -0.15) is 0 Å². The van der Waals surface area contributed by atoms with E-state index in [2.05, 4.69) is 31.9 Å². The first-order valence-electron chi connectivity index (χ1n) is 7.75. The van der Waals surface area contributed by atoms with Crippen molar-refractivity contribution >= 4 is 39.1 Å². The normalized spacial score (nSPS) is 10.2. The first-order valence-corrected chi connectivity index (χ1v) is 8.55. The summed E-state index contributed by atoms with van der Waals surface area (Å²) in [7, 11) is 1.58. The van der Waals surface area contributed by atoms with Gasteiger partial charge in [0.1, 0.15) is 0 Å². The van der Waals surface area contributed by atoms with Crippen LogP contribution in [-0.4, -0.2) is 38.6 Å². The van der Waals surface area contributed by atoms with E-state index in [4.69, 9.17) is 4.74 Å². The molecule has 0 aliphatic carbocycles. The van der Waals surface area contributed by atoms with Crippen molar-refractivity contribution in [2.24, 2.45) is 0 Å². The Bertz CT molecular complexity index is 737. The molecule has 0 bridgehead atoms. The van der Waals surface area contributed by atoms with Gasteiger partial charge in [0.2, 0.25) is 5.91 Å². The van der Waals surface area contributed by atoms with Crippen LogP contribution in [0.3, 0.4) is 0 Å². The maximum atomic E-state index is 12.0. The second-order valence-corrected chi connectivity index (χ2v) is 6.07. The van der Waals surface area contributed by atoms with Crippen molar-refractivity contribution in [2.75, 3.05) is 37.4 Å². The highest BCUT2D eigenvalue weighted by Gasteiger charge is 2.07. The molecule has 25 heavy (non-hydrogen) atoms. The van der Waals surface area contributed by atoms with Crippen molar-refractivity contribution in [3.63, 3.8) is 0 Å². The van der Waals surface area contributed by atoms with E-state index in [1.165, 1.54) is 0 Å². The predicted octanol–water partition coefficient (Wildman–Crippen LogP) is 2.88. The van der Waals surface area contributed by atoms with Gasteiger partial charge in [-0.3, -0.25) is 9.59 Å². The molecular weight excluding hydrogens is 386 g/mol. The van der Waals surface area contributed by atoms with Crippen LogP contribution in [0.4, 0.5) is 11.4 Å². The van der Waals surface area contributed by atoms with E-state index in [0.717, 1.165) is 4.47 Å². The summed E-state index contributed by atoms with van der Waals surface area (Å²) in [5.74, 6) is -0.361. The molecule has 3 N–H and O–H groups in total. The fourth-order valence-corrected chi connectivity index (χ4v) is 2.46. The maximum absolute atomic E-state index is 12.0. The molecule has 0 heterocycles. The number of methoxy groups -OCH3 is 1. The van der Waals surface area contributed by atoms with Crippen LogP contribution in [0.1, 0.15) is 10.4 Å². The van der Waals surface area contributed by atoms with Crippen LogP contribution in [0.15, 0.2) is 53.0 Å². The van der Waals surface area contributed by atoms with E-state index in [0.29, 0.717) is 30.1 Å². The summed E-state index contributed by atoms with van der Waals surface area (Å²) in [5, 5.41) is 8.58. The number of para-hydroxylation sites is 1. The molecule has 0 fully saturated rings. The number of amides is 2. The number of hydrogen-bond acceptors (Lipinski definition) is 4. The van der Waals surface area contributed by atoms with Crippen LogP contribution in [0, 0.1) is 0 Å². The highest BCUT2D eigenvalue weighted by atomic mass is 79.9. The monoisotopic (exact) mass is 405 g/mol. The number of ether oxygens (including phenoxy) is 1. The highest BCUT2D eigenvalue weighted by Crippen LogP contribution is 2.21. The van der Waals surface area contributed by atoms with E-state index in [1.54, 1.807) is 31.4 Å². The zero-order valence-corrected chi connectivity index (χ0v) is 15.4. The lowest BCUT2D eigenvalue weighted by molar-refractivity contribution is -0.114. The molecule has 0 radical (unpaired) electrons. The summed E-state index contributed by atoms with van der Waals surface area (Å²) in [6.45, 7) is 0.996. The zero-order chi connectivity index (χ0) is 18.1. The average Bonchev–Trinajstić information content (AvgIpc) is 2.62. The molecule has 2 rings (SSSR count). The largest absolute Gasteiger partial charge is 0.383 e. The Balaban J connectivity index is 1.88. The van der Waals surface area contributed by atoms with Crippen molar-refractivity contribution in [3.8, 4) is 0 Å². The van der Waals surface area contributed by atoms with Gasteiger partial charge in [0.05, 0.1) is 18.8 Å². The smallest absolute Gasteiger partial charge is 0.251 e. The summed E-state index contributed by atoms with van der Waals surface area (Å²) < 4.78 is 5.72. The minimum absolute atomic E-state index is 0.0933. The van der Waals surface area contributed by atoms with Gasteiger partial charge >= 0.3 is 0 Å². The second kappa shape index (κ2) is 9.80. The average molecular weight is 406 g/mol. The topological polar surface area (TPSA) is 79.5 Å². The van der Waals surface area contributed by atoms with E-state index in [-0.39, 0.29) is 18.4 Å². The summed E-state index contributed by atoms with van der Waals surface area (Å²) in [4.78, 5) is 24.1. The van der Waals surface area contributed by atoms with Crippen LogP contribution in [-0.2, 0) is 9.53 Å². The van der Waals surface area contributed by atoms with Crippen LogP contribution < -0.4 is 16.0 Å². The zero-order valence-electron chi connectivity index (χ0n) is 13.8. The van der Waals surface area contributed by atoms with Crippen molar-refractivity contribution in [2.45, 2.75) is 0 Å². The Morgan fingerprint density at radius 3 is 2.68 bits per heavy atom. The van der Waals surface area contributed by atoms with Crippen molar-refractivity contribution in [1.82, 2.24) is 5.32 Å². The maximum Gasteiger partial charge on any atom is 0.251 e. The van der Waals surface area contributed by atoms with E-state index in [9.17, 15) is 9.59 Å². The number of rotatable bonds is 8. The number of anilines is 2. The molecule has 0 unspecified atom stereocenters. The Hall–Kier alpha value is -2.38. The molecule has 0 saturated heterocycles. The minimum Gasteiger partial charge on any atom is -0.383 e. The molecule has 0 saturated carbocycles. The SMILES string of the molecule is COCCNC(=O)c1cccc(NCC(=O)Nc2ccccc2Br)c1. The highest BCUT2D eigenvalue weighted by molar-refractivity contribution is 9.10. The molecule has 2 aromatic rings. The van der Waals surface area contributed by atoms with Crippen LogP contribution in [0.5, 0.6) is 0 Å². The van der Waals surface area contributed by atoms with Gasteiger partial charge < -0.3 is 20.7 Å². The van der Waals surface area contributed by atoms with Crippen molar-refractivity contribution < 1.29 is 14.3 Å². The minimum atomic E-state index is -0.182. The number of halogens is 1. The third kappa shape index (κ3) is 6.21. The Kier molecular flexibility index (Phi) is 7.43. The summed E-state index contributed by atoms with van der Waals surface area (Å²) >= 11 is 3.38. The lowest BCUT2D eigenvalue weighted by atomic mass is 10.2. The molecule has 2 amide bonds. The van der Waals surface area contributed by atoms with E-state index in [1.807, 2.05) is 24.3 Å². The molecule has 132 valence electrons. The molecule has 2 aromatic carbocycles. The molecule has 0 aromatic heterocycles. The number of hydrogen-bond donors (Lipinski definition) is 3. The summed E-state index contributed by atoms with van der Waals surface area (Å²) in [6, 6.07) is 14.4. The first kappa shape index (κ1) is 19.0. The third-order valence-corrected chi connectivity index (χ3v) is 4.01. The van der Waals surface area contributed by atoms with Gasteiger partial charge in [-0.1, -0.05) is 18.2 Å². The fraction of sp³-hybridized carbons (Fsp3) is 0.222.